The number of ether oxygens (including phenoxy) is 3. The van der Waals surface area contributed by atoms with Crippen LogP contribution in [0.4, 0.5) is 14.6 Å². The average molecular weight is 446 g/mol. The summed E-state index contributed by atoms with van der Waals surface area (Å²) in [6, 6.07) is 2.76. The van der Waals surface area contributed by atoms with Gasteiger partial charge in [-0.25, -0.2) is 23.7 Å². The molecule has 31 heavy (non-hydrogen) atoms. The molecule has 162 valence electrons. The van der Waals surface area contributed by atoms with E-state index < -0.39 is 11.6 Å². The van der Waals surface area contributed by atoms with Gasteiger partial charge in [0.1, 0.15) is 11.1 Å². The highest BCUT2D eigenvalue weighted by molar-refractivity contribution is 7.98. The second kappa shape index (κ2) is 7.45. The Balaban J connectivity index is 1.70. The maximum absolute atomic E-state index is 15.1. The monoisotopic (exact) mass is 446 g/mol. The number of anilines is 1. The molecular weight excluding hydrogens is 426 g/mol. The molecule has 1 aromatic carbocycles. The van der Waals surface area contributed by atoms with Crippen LogP contribution < -0.4 is 14.4 Å². The van der Waals surface area contributed by atoms with E-state index in [-0.39, 0.29) is 28.4 Å². The van der Waals surface area contributed by atoms with Gasteiger partial charge in [-0.05, 0) is 12.3 Å². The van der Waals surface area contributed by atoms with Gasteiger partial charge in [0, 0.05) is 24.1 Å². The van der Waals surface area contributed by atoms with E-state index in [1.807, 2.05) is 11.2 Å². The normalized spacial score (nSPS) is 16.9. The van der Waals surface area contributed by atoms with Gasteiger partial charge in [0.2, 0.25) is 0 Å². The highest BCUT2D eigenvalue weighted by atomic mass is 32.2. The van der Waals surface area contributed by atoms with Gasteiger partial charge >= 0.3 is 0 Å². The molecule has 0 saturated carbocycles. The standard InChI is InChI=1S/C21H20F2N4O3S/c1-28-13-7-14(29-2)17(23)15(16(13)22)12-6-11-8-24-20(31-3)26-18(11)19(25-12)27-9-21(10-27)4-5-30-21/h6-8H,4-5,9-10H2,1-3H3. The summed E-state index contributed by atoms with van der Waals surface area (Å²) < 4.78 is 46.2. The fourth-order valence-electron chi connectivity index (χ4n) is 4.00. The Kier molecular flexibility index (Phi) is 4.86. The van der Waals surface area contributed by atoms with Crippen molar-refractivity contribution in [1.29, 1.82) is 0 Å². The number of methoxy groups -OCH3 is 2. The summed E-state index contributed by atoms with van der Waals surface area (Å²) in [6.45, 7) is 2.06. The summed E-state index contributed by atoms with van der Waals surface area (Å²) in [7, 11) is 2.63. The first kappa shape index (κ1) is 20.2. The Labute approximate surface area is 181 Å². The molecule has 2 aliphatic rings. The fraction of sp³-hybridized carbons (Fsp3) is 0.381. The van der Waals surface area contributed by atoms with Crippen LogP contribution in [-0.4, -0.2) is 60.7 Å². The number of aromatic nitrogens is 3. The Morgan fingerprint density at radius 3 is 2.32 bits per heavy atom. The fourth-order valence-corrected chi connectivity index (χ4v) is 4.34. The topological polar surface area (TPSA) is 69.6 Å². The van der Waals surface area contributed by atoms with Gasteiger partial charge < -0.3 is 19.1 Å². The smallest absolute Gasteiger partial charge is 0.187 e. The zero-order valence-electron chi connectivity index (χ0n) is 17.2. The predicted octanol–water partition coefficient (Wildman–Crippen LogP) is 3.69. The number of rotatable bonds is 5. The van der Waals surface area contributed by atoms with Crippen LogP contribution in [0.5, 0.6) is 11.5 Å². The van der Waals surface area contributed by atoms with Crippen molar-refractivity contribution in [2.45, 2.75) is 17.2 Å². The molecule has 2 saturated heterocycles. The van der Waals surface area contributed by atoms with E-state index in [2.05, 4.69) is 15.0 Å². The van der Waals surface area contributed by atoms with Crippen LogP contribution in [0.25, 0.3) is 22.2 Å². The van der Waals surface area contributed by atoms with Crippen molar-refractivity contribution in [3.8, 4) is 22.8 Å². The first-order valence-electron chi connectivity index (χ1n) is 9.69. The first-order valence-corrected chi connectivity index (χ1v) is 10.9. The maximum atomic E-state index is 15.1. The van der Waals surface area contributed by atoms with Crippen molar-refractivity contribution in [1.82, 2.24) is 15.0 Å². The van der Waals surface area contributed by atoms with E-state index in [1.165, 1.54) is 32.0 Å². The number of nitrogens with zero attached hydrogens (tertiary/aromatic N) is 4. The van der Waals surface area contributed by atoms with Crippen LogP contribution in [0.2, 0.25) is 0 Å². The summed E-state index contributed by atoms with van der Waals surface area (Å²) in [5.74, 6) is -1.40. The van der Waals surface area contributed by atoms with Gasteiger partial charge in [-0.2, -0.15) is 0 Å². The number of hydrogen-bond donors (Lipinski definition) is 0. The van der Waals surface area contributed by atoms with Crippen LogP contribution >= 0.6 is 11.8 Å². The zero-order chi connectivity index (χ0) is 21.8. The van der Waals surface area contributed by atoms with Crippen molar-refractivity contribution in [3.05, 3.63) is 30.0 Å². The third-order valence-electron chi connectivity index (χ3n) is 5.76. The summed E-state index contributed by atoms with van der Waals surface area (Å²) in [6.07, 6.45) is 4.52. The van der Waals surface area contributed by atoms with Gasteiger partial charge in [0.05, 0.1) is 45.2 Å². The highest BCUT2D eigenvalue weighted by Gasteiger charge is 2.50. The predicted molar refractivity (Wildman–Crippen MR) is 113 cm³/mol. The molecule has 0 bridgehead atoms. The lowest BCUT2D eigenvalue weighted by Crippen LogP contribution is -2.68. The minimum Gasteiger partial charge on any atom is -0.494 e. The van der Waals surface area contributed by atoms with Crippen molar-refractivity contribution >= 4 is 28.5 Å². The number of halogens is 2. The van der Waals surface area contributed by atoms with Crippen molar-refractivity contribution in [2.24, 2.45) is 0 Å². The Morgan fingerprint density at radius 1 is 1.10 bits per heavy atom. The molecule has 0 unspecified atom stereocenters. The quantitative estimate of drug-likeness (QED) is 0.434. The van der Waals surface area contributed by atoms with Crippen LogP contribution in [0.1, 0.15) is 6.42 Å². The van der Waals surface area contributed by atoms with E-state index in [1.54, 1.807) is 12.3 Å². The molecule has 0 amide bonds. The molecule has 2 aromatic heterocycles. The van der Waals surface area contributed by atoms with Crippen LogP contribution in [0, 0.1) is 11.6 Å². The molecule has 3 aromatic rings. The molecule has 5 rings (SSSR count). The lowest BCUT2D eigenvalue weighted by molar-refractivity contribution is -0.161. The largest absolute Gasteiger partial charge is 0.494 e. The number of benzene rings is 1. The second-order valence-corrected chi connectivity index (χ2v) is 8.32. The van der Waals surface area contributed by atoms with E-state index >= 15 is 8.78 Å². The van der Waals surface area contributed by atoms with Gasteiger partial charge in [-0.3, -0.25) is 0 Å². The van der Waals surface area contributed by atoms with E-state index in [4.69, 9.17) is 14.2 Å². The minimum atomic E-state index is -0.845. The van der Waals surface area contributed by atoms with E-state index in [9.17, 15) is 0 Å². The lowest BCUT2D eigenvalue weighted by atomic mass is 9.86. The Bertz CT molecular complexity index is 1150. The van der Waals surface area contributed by atoms with Gasteiger partial charge in [-0.15, -0.1) is 0 Å². The number of hydrogen-bond acceptors (Lipinski definition) is 8. The van der Waals surface area contributed by atoms with Gasteiger partial charge in [-0.1, -0.05) is 11.8 Å². The SMILES string of the molecule is COc1cc(OC)c(F)c(-c2cc3cnc(SC)nc3c(N3CC4(CCO4)C3)n2)c1F. The molecule has 10 heteroatoms. The van der Waals surface area contributed by atoms with E-state index in [0.717, 1.165) is 13.0 Å². The summed E-state index contributed by atoms with van der Waals surface area (Å²) in [4.78, 5) is 15.6. The Hall–Kier alpha value is -2.72. The van der Waals surface area contributed by atoms with Crippen LogP contribution in [0.15, 0.2) is 23.5 Å². The molecule has 7 nitrogen and oxygen atoms in total. The summed E-state index contributed by atoms with van der Waals surface area (Å²) in [5, 5.41) is 1.23. The average Bonchev–Trinajstić information content (AvgIpc) is 2.71. The molecule has 0 atom stereocenters. The molecular formula is C21H20F2N4O3S. The summed E-state index contributed by atoms with van der Waals surface area (Å²) >= 11 is 1.41. The van der Waals surface area contributed by atoms with Crippen molar-refractivity contribution in [2.75, 3.05) is 45.1 Å². The third-order valence-corrected chi connectivity index (χ3v) is 6.32. The van der Waals surface area contributed by atoms with Gasteiger partial charge in [0.25, 0.3) is 0 Å². The zero-order valence-corrected chi connectivity index (χ0v) is 18.1. The second-order valence-electron chi connectivity index (χ2n) is 7.55. The molecule has 0 N–H and O–H groups in total. The number of fused-ring (bicyclic) bond motifs is 1. The first-order chi connectivity index (χ1) is 15.0. The van der Waals surface area contributed by atoms with Crippen molar-refractivity contribution in [3.63, 3.8) is 0 Å². The van der Waals surface area contributed by atoms with Crippen LogP contribution in [-0.2, 0) is 4.74 Å². The molecule has 2 fully saturated rings. The van der Waals surface area contributed by atoms with Crippen molar-refractivity contribution < 1.29 is 23.0 Å². The maximum Gasteiger partial charge on any atom is 0.187 e. The molecule has 2 aliphatic heterocycles. The summed E-state index contributed by atoms with van der Waals surface area (Å²) in [5.41, 5.74) is 0.289. The highest BCUT2D eigenvalue weighted by Crippen LogP contribution is 2.42. The number of thioether (sulfide) groups is 1. The minimum absolute atomic E-state index is 0.116. The molecule has 0 radical (unpaired) electrons. The van der Waals surface area contributed by atoms with E-state index in [0.29, 0.717) is 35.0 Å². The third kappa shape index (κ3) is 3.16. The molecule has 4 heterocycles. The number of pyridine rings is 1. The molecule has 0 aliphatic carbocycles. The Morgan fingerprint density at radius 2 is 1.77 bits per heavy atom. The van der Waals surface area contributed by atoms with Crippen LogP contribution in [0.3, 0.4) is 0 Å². The van der Waals surface area contributed by atoms with Gasteiger partial charge in [0.15, 0.2) is 34.1 Å². The molecule has 1 spiro atoms. The lowest BCUT2D eigenvalue weighted by Gasteiger charge is -2.55.